The molecule has 7 heteroatoms. The fraction of sp³-hybridized carbons (Fsp3) is 0.240. The first kappa shape index (κ1) is 22.8. The molecule has 1 heterocycles. The van der Waals surface area contributed by atoms with E-state index >= 15 is 0 Å². The van der Waals surface area contributed by atoms with Gasteiger partial charge in [0.15, 0.2) is 0 Å². The van der Waals surface area contributed by atoms with Gasteiger partial charge < -0.3 is 20.4 Å². The van der Waals surface area contributed by atoms with Gasteiger partial charge in [-0.25, -0.2) is 4.79 Å². The molecule has 0 atom stereocenters. The molecule has 0 saturated carbocycles. The Hall–Kier alpha value is -3.87. The number of benzene rings is 2. The lowest BCUT2D eigenvalue weighted by Gasteiger charge is -2.09. The molecular weight excluding hydrogens is 406 g/mol. The fourth-order valence-corrected chi connectivity index (χ4v) is 3.42. The Balaban J connectivity index is 1.66. The molecule has 7 nitrogen and oxygen atoms in total. The van der Waals surface area contributed by atoms with Gasteiger partial charge in [0.25, 0.3) is 11.8 Å². The SMILES string of the molecule is CCOC(=O)c1c(C)[nH]c(C(=O)NCc2cccc(NC(=O)c3ccc(C)cc3)c2)c1C. The molecule has 0 aliphatic heterocycles. The summed E-state index contributed by atoms with van der Waals surface area (Å²) in [5.74, 6) is -0.972. The molecule has 0 radical (unpaired) electrons. The molecular formula is C25H27N3O4. The van der Waals surface area contributed by atoms with Crippen LogP contribution in [0.4, 0.5) is 5.69 Å². The summed E-state index contributed by atoms with van der Waals surface area (Å²) in [6.45, 7) is 7.68. The van der Waals surface area contributed by atoms with Crippen molar-refractivity contribution in [3.63, 3.8) is 0 Å². The van der Waals surface area contributed by atoms with Gasteiger partial charge in [-0.2, -0.15) is 0 Å². The second-order valence-corrected chi connectivity index (χ2v) is 7.55. The maximum Gasteiger partial charge on any atom is 0.340 e. The fourth-order valence-electron chi connectivity index (χ4n) is 3.42. The number of aryl methyl sites for hydroxylation is 2. The molecule has 0 unspecified atom stereocenters. The quantitative estimate of drug-likeness (QED) is 0.484. The molecule has 0 bridgehead atoms. The number of esters is 1. The zero-order valence-electron chi connectivity index (χ0n) is 18.7. The normalized spacial score (nSPS) is 10.5. The standard InChI is InChI=1S/C25H27N3O4/c1-5-32-25(31)21-16(3)22(27-17(21)4)24(30)26-14-18-7-6-8-20(13-18)28-23(29)19-11-9-15(2)10-12-19/h6-13,27H,5,14H2,1-4H3,(H,26,30)(H,28,29). The number of carbonyl (C=O) groups is 3. The van der Waals surface area contributed by atoms with E-state index in [0.717, 1.165) is 11.1 Å². The number of amides is 2. The van der Waals surface area contributed by atoms with Crippen LogP contribution < -0.4 is 10.6 Å². The molecule has 3 rings (SSSR count). The van der Waals surface area contributed by atoms with Crippen LogP contribution in [0.1, 0.15) is 60.5 Å². The molecule has 3 N–H and O–H groups in total. The Morgan fingerprint density at radius 2 is 1.69 bits per heavy atom. The minimum Gasteiger partial charge on any atom is -0.462 e. The van der Waals surface area contributed by atoms with E-state index in [0.29, 0.717) is 33.8 Å². The van der Waals surface area contributed by atoms with Crippen molar-refractivity contribution < 1.29 is 19.1 Å². The van der Waals surface area contributed by atoms with Crippen molar-refractivity contribution in [2.75, 3.05) is 11.9 Å². The molecule has 32 heavy (non-hydrogen) atoms. The molecule has 0 aliphatic carbocycles. The first-order valence-corrected chi connectivity index (χ1v) is 10.4. The Labute approximate surface area is 187 Å². The van der Waals surface area contributed by atoms with E-state index in [1.165, 1.54) is 0 Å². The van der Waals surface area contributed by atoms with Crippen LogP contribution in [0.15, 0.2) is 48.5 Å². The van der Waals surface area contributed by atoms with Gasteiger partial charge in [0.05, 0.1) is 12.2 Å². The summed E-state index contributed by atoms with van der Waals surface area (Å²) in [5.41, 5.74) is 4.98. The first-order valence-electron chi connectivity index (χ1n) is 10.4. The number of hydrogen-bond acceptors (Lipinski definition) is 4. The number of ether oxygens (including phenoxy) is 1. The number of rotatable bonds is 7. The summed E-state index contributed by atoms with van der Waals surface area (Å²) < 4.78 is 5.07. The molecule has 0 saturated heterocycles. The second kappa shape index (κ2) is 9.96. The smallest absolute Gasteiger partial charge is 0.340 e. The van der Waals surface area contributed by atoms with E-state index in [1.54, 1.807) is 39.0 Å². The molecule has 2 aromatic carbocycles. The van der Waals surface area contributed by atoms with Gasteiger partial charge >= 0.3 is 5.97 Å². The highest BCUT2D eigenvalue weighted by molar-refractivity contribution is 6.04. The molecule has 0 fully saturated rings. The van der Waals surface area contributed by atoms with Crippen molar-refractivity contribution in [3.05, 3.63) is 87.7 Å². The maximum atomic E-state index is 12.7. The van der Waals surface area contributed by atoms with E-state index in [9.17, 15) is 14.4 Å². The van der Waals surface area contributed by atoms with Gasteiger partial charge in [-0.05, 0) is 63.1 Å². The minimum absolute atomic E-state index is 0.199. The number of anilines is 1. The van der Waals surface area contributed by atoms with Crippen LogP contribution in [0.2, 0.25) is 0 Å². The summed E-state index contributed by atoms with van der Waals surface area (Å²) >= 11 is 0. The van der Waals surface area contributed by atoms with Gasteiger partial charge in [-0.15, -0.1) is 0 Å². The highest BCUT2D eigenvalue weighted by atomic mass is 16.5. The van der Waals surface area contributed by atoms with Gasteiger partial charge in [-0.1, -0.05) is 29.8 Å². The van der Waals surface area contributed by atoms with E-state index in [1.807, 2.05) is 37.3 Å². The average Bonchev–Trinajstić information content (AvgIpc) is 3.07. The molecule has 1 aromatic heterocycles. The lowest BCUT2D eigenvalue weighted by molar-refractivity contribution is 0.0525. The maximum absolute atomic E-state index is 12.7. The molecule has 0 spiro atoms. The average molecular weight is 434 g/mol. The Kier molecular flexibility index (Phi) is 7.10. The van der Waals surface area contributed by atoms with Crippen LogP contribution in [-0.4, -0.2) is 29.4 Å². The molecule has 166 valence electrons. The number of hydrogen-bond donors (Lipinski definition) is 3. The number of aromatic amines is 1. The van der Waals surface area contributed by atoms with E-state index in [-0.39, 0.29) is 25.0 Å². The van der Waals surface area contributed by atoms with Gasteiger partial charge in [0.2, 0.25) is 0 Å². The van der Waals surface area contributed by atoms with Crippen molar-refractivity contribution in [2.45, 2.75) is 34.2 Å². The number of H-pyrrole nitrogens is 1. The predicted molar refractivity (Wildman–Crippen MR) is 123 cm³/mol. The summed E-state index contributed by atoms with van der Waals surface area (Å²) in [4.78, 5) is 40.2. The summed E-state index contributed by atoms with van der Waals surface area (Å²) in [5, 5.41) is 5.72. The first-order chi connectivity index (χ1) is 15.3. The second-order valence-electron chi connectivity index (χ2n) is 7.55. The van der Waals surface area contributed by atoms with Crippen LogP contribution in [0.5, 0.6) is 0 Å². The van der Waals surface area contributed by atoms with Crippen LogP contribution in [0.25, 0.3) is 0 Å². The van der Waals surface area contributed by atoms with Gasteiger partial charge in [0.1, 0.15) is 5.69 Å². The van der Waals surface area contributed by atoms with Crippen molar-refractivity contribution in [1.29, 1.82) is 0 Å². The number of carbonyl (C=O) groups excluding carboxylic acids is 3. The molecule has 0 aliphatic rings. The lowest BCUT2D eigenvalue weighted by Crippen LogP contribution is -2.24. The van der Waals surface area contributed by atoms with Gasteiger partial charge in [-0.3, -0.25) is 9.59 Å². The zero-order valence-corrected chi connectivity index (χ0v) is 18.7. The number of nitrogens with one attached hydrogen (secondary N) is 3. The van der Waals surface area contributed by atoms with Crippen molar-refractivity contribution in [2.24, 2.45) is 0 Å². The van der Waals surface area contributed by atoms with Gasteiger partial charge in [0, 0.05) is 23.5 Å². The monoisotopic (exact) mass is 433 g/mol. The zero-order chi connectivity index (χ0) is 23.3. The third kappa shape index (κ3) is 5.24. The Morgan fingerprint density at radius 1 is 0.969 bits per heavy atom. The highest BCUT2D eigenvalue weighted by Gasteiger charge is 2.22. The van der Waals surface area contributed by atoms with Crippen molar-refractivity contribution in [3.8, 4) is 0 Å². The third-order valence-corrected chi connectivity index (χ3v) is 5.10. The van der Waals surface area contributed by atoms with Crippen LogP contribution in [0.3, 0.4) is 0 Å². The van der Waals surface area contributed by atoms with E-state index in [4.69, 9.17) is 4.74 Å². The topological polar surface area (TPSA) is 100 Å². The van der Waals surface area contributed by atoms with Crippen LogP contribution in [-0.2, 0) is 11.3 Å². The highest BCUT2D eigenvalue weighted by Crippen LogP contribution is 2.19. The summed E-state index contributed by atoms with van der Waals surface area (Å²) in [7, 11) is 0. The van der Waals surface area contributed by atoms with Crippen molar-refractivity contribution >= 4 is 23.5 Å². The van der Waals surface area contributed by atoms with Crippen LogP contribution >= 0.6 is 0 Å². The Morgan fingerprint density at radius 3 is 2.38 bits per heavy atom. The third-order valence-electron chi connectivity index (χ3n) is 5.10. The number of aromatic nitrogens is 1. The van der Waals surface area contributed by atoms with Crippen molar-refractivity contribution in [1.82, 2.24) is 10.3 Å². The minimum atomic E-state index is -0.449. The molecule has 3 aromatic rings. The summed E-state index contributed by atoms with van der Waals surface area (Å²) in [6.07, 6.45) is 0. The van der Waals surface area contributed by atoms with E-state index in [2.05, 4.69) is 15.6 Å². The van der Waals surface area contributed by atoms with Crippen LogP contribution in [0, 0.1) is 20.8 Å². The lowest BCUT2D eigenvalue weighted by atomic mass is 10.1. The molecule has 2 amide bonds. The summed E-state index contributed by atoms with van der Waals surface area (Å²) in [6, 6.07) is 14.6. The Bertz CT molecular complexity index is 1150. The largest absolute Gasteiger partial charge is 0.462 e. The van der Waals surface area contributed by atoms with E-state index < -0.39 is 5.97 Å². The predicted octanol–water partition coefficient (Wildman–Crippen LogP) is 4.30.